The van der Waals surface area contributed by atoms with Crippen molar-refractivity contribution in [2.24, 2.45) is 0 Å². The Morgan fingerprint density at radius 3 is 2.14 bits per heavy atom. The molecule has 0 aliphatic rings. The minimum atomic E-state index is -4.26. The van der Waals surface area contributed by atoms with E-state index in [4.69, 9.17) is 9.47 Å². The number of amides is 2. The summed E-state index contributed by atoms with van der Waals surface area (Å²) >= 11 is 0. The fourth-order valence-electron chi connectivity index (χ4n) is 4.63. The van der Waals surface area contributed by atoms with Crippen LogP contribution in [0.5, 0.6) is 11.5 Å². The minimum absolute atomic E-state index is 0.0629. The zero-order valence-electron chi connectivity index (χ0n) is 25.2. The van der Waals surface area contributed by atoms with E-state index in [0.717, 1.165) is 33.8 Å². The van der Waals surface area contributed by atoms with Gasteiger partial charge in [-0.15, -0.1) is 0 Å². The molecule has 0 heterocycles. The van der Waals surface area contributed by atoms with E-state index >= 15 is 0 Å². The molecule has 3 aromatic carbocycles. The third kappa shape index (κ3) is 8.03. The first-order valence-corrected chi connectivity index (χ1v) is 15.4. The summed E-state index contributed by atoms with van der Waals surface area (Å²) in [6.07, 6.45) is 1.73. The van der Waals surface area contributed by atoms with Gasteiger partial charge in [-0.2, -0.15) is 0 Å². The van der Waals surface area contributed by atoms with E-state index in [1.54, 1.807) is 19.1 Å². The van der Waals surface area contributed by atoms with Gasteiger partial charge >= 0.3 is 0 Å². The van der Waals surface area contributed by atoms with E-state index in [2.05, 4.69) is 5.32 Å². The molecule has 0 aliphatic carbocycles. The predicted molar refractivity (Wildman–Crippen MR) is 164 cm³/mol. The lowest BCUT2D eigenvalue weighted by Gasteiger charge is -2.32. The Labute approximate surface area is 249 Å². The van der Waals surface area contributed by atoms with Crippen LogP contribution in [0, 0.1) is 13.8 Å². The monoisotopic (exact) mass is 595 g/mol. The molecule has 0 unspecified atom stereocenters. The molecule has 9 nitrogen and oxygen atoms in total. The largest absolute Gasteiger partial charge is 0.493 e. The summed E-state index contributed by atoms with van der Waals surface area (Å²) in [4.78, 5) is 28.5. The summed E-state index contributed by atoms with van der Waals surface area (Å²) < 4.78 is 40.1. The number of rotatable bonds is 14. The van der Waals surface area contributed by atoms with Crippen LogP contribution >= 0.6 is 0 Å². The summed E-state index contributed by atoms with van der Waals surface area (Å²) in [5.41, 5.74) is 2.85. The zero-order chi connectivity index (χ0) is 30.9. The lowest BCUT2D eigenvalue weighted by molar-refractivity contribution is -0.139. The molecule has 0 radical (unpaired) electrons. The molecule has 226 valence electrons. The van der Waals surface area contributed by atoms with E-state index in [0.29, 0.717) is 18.0 Å². The van der Waals surface area contributed by atoms with Gasteiger partial charge in [0.25, 0.3) is 10.0 Å². The van der Waals surface area contributed by atoms with Crippen LogP contribution < -0.4 is 19.1 Å². The number of carbonyl (C=O) groups excluding carboxylic acids is 2. The molecule has 0 aromatic heterocycles. The number of sulfonamides is 1. The van der Waals surface area contributed by atoms with Crippen molar-refractivity contribution < 1.29 is 27.5 Å². The summed E-state index contributed by atoms with van der Waals surface area (Å²) in [6.45, 7) is 7.54. The first-order chi connectivity index (χ1) is 20.0. The van der Waals surface area contributed by atoms with Crippen LogP contribution in [0.3, 0.4) is 0 Å². The van der Waals surface area contributed by atoms with Crippen molar-refractivity contribution in [3.8, 4) is 11.5 Å². The first-order valence-electron chi connectivity index (χ1n) is 14.0. The number of ether oxygens (including phenoxy) is 2. The van der Waals surface area contributed by atoms with E-state index in [1.807, 2.05) is 57.2 Å². The number of benzene rings is 3. The van der Waals surface area contributed by atoms with Gasteiger partial charge in [-0.1, -0.05) is 49.7 Å². The van der Waals surface area contributed by atoms with Crippen molar-refractivity contribution in [3.05, 3.63) is 83.4 Å². The first kappa shape index (κ1) is 32.5. The van der Waals surface area contributed by atoms with Crippen molar-refractivity contribution >= 4 is 27.5 Å². The highest BCUT2D eigenvalue weighted by atomic mass is 32.2. The van der Waals surface area contributed by atoms with Gasteiger partial charge in [-0.05, 0) is 68.1 Å². The Hall–Kier alpha value is -4.05. The summed E-state index contributed by atoms with van der Waals surface area (Å²) in [5, 5.41) is 2.89. The Morgan fingerprint density at radius 2 is 1.55 bits per heavy atom. The van der Waals surface area contributed by atoms with Gasteiger partial charge in [0.05, 0.1) is 24.8 Å². The second kappa shape index (κ2) is 14.7. The smallest absolute Gasteiger partial charge is 0.264 e. The van der Waals surface area contributed by atoms with Crippen molar-refractivity contribution in [1.82, 2.24) is 10.2 Å². The normalized spacial score (nSPS) is 11.9. The number of methoxy groups -OCH3 is 2. The number of anilines is 1. The fraction of sp³-hybridized carbons (Fsp3) is 0.375. The maximum atomic E-state index is 14.2. The minimum Gasteiger partial charge on any atom is -0.493 e. The molecule has 10 heteroatoms. The van der Waals surface area contributed by atoms with E-state index in [1.165, 1.54) is 37.3 Å². The van der Waals surface area contributed by atoms with Crippen LogP contribution in [-0.4, -0.2) is 58.5 Å². The van der Waals surface area contributed by atoms with Gasteiger partial charge in [0.15, 0.2) is 11.5 Å². The number of carbonyl (C=O) groups is 2. The predicted octanol–water partition coefficient (Wildman–Crippen LogP) is 4.85. The lowest BCUT2D eigenvalue weighted by Crippen LogP contribution is -2.51. The summed E-state index contributed by atoms with van der Waals surface area (Å²) in [6, 6.07) is 18.2. The molecule has 3 aromatic rings. The third-order valence-electron chi connectivity index (χ3n) is 6.91. The molecule has 2 amide bonds. The number of unbranched alkanes of at least 4 members (excludes halogenated alkanes) is 1. The highest BCUT2D eigenvalue weighted by molar-refractivity contribution is 7.92. The Bertz CT molecular complexity index is 1460. The molecule has 1 N–H and O–H groups in total. The zero-order valence-corrected chi connectivity index (χ0v) is 26.0. The van der Waals surface area contributed by atoms with Crippen LogP contribution in [-0.2, 0) is 26.2 Å². The SMILES string of the molecule is CCCCNC(=O)[C@@H](C)N(Cc1ccccc1)C(=O)CN(c1cc(C)cc(C)c1)S(=O)(=O)c1ccc(OC)c(OC)c1. The highest BCUT2D eigenvalue weighted by Crippen LogP contribution is 2.33. The highest BCUT2D eigenvalue weighted by Gasteiger charge is 2.33. The van der Waals surface area contributed by atoms with Gasteiger partial charge in [-0.3, -0.25) is 13.9 Å². The topological polar surface area (TPSA) is 105 Å². The summed E-state index contributed by atoms with van der Waals surface area (Å²) in [7, 11) is -1.37. The Kier molecular flexibility index (Phi) is 11.4. The van der Waals surface area contributed by atoms with Crippen LogP contribution in [0.4, 0.5) is 5.69 Å². The van der Waals surface area contributed by atoms with Crippen LogP contribution in [0.1, 0.15) is 43.4 Å². The number of nitrogens with one attached hydrogen (secondary N) is 1. The molecule has 0 spiro atoms. The van der Waals surface area contributed by atoms with Crippen LogP contribution in [0.15, 0.2) is 71.6 Å². The molecule has 0 fully saturated rings. The molecular formula is C32H41N3O6S. The van der Waals surface area contributed by atoms with Gasteiger partial charge in [0, 0.05) is 19.2 Å². The Morgan fingerprint density at radius 1 is 0.905 bits per heavy atom. The molecule has 42 heavy (non-hydrogen) atoms. The van der Waals surface area contributed by atoms with Crippen molar-refractivity contribution in [3.63, 3.8) is 0 Å². The molecular weight excluding hydrogens is 554 g/mol. The second-order valence-corrected chi connectivity index (χ2v) is 12.1. The fourth-order valence-corrected chi connectivity index (χ4v) is 6.04. The average molecular weight is 596 g/mol. The van der Waals surface area contributed by atoms with Crippen molar-refractivity contribution in [1.29, 1.82) is 0 Å². The van der Waals surface area contributed by atoms with Crippen LogP contribution in [0.25, 0.3) is 0 Å². The molecule has 0 aliphatic heterocycles. The second-order valence-electron chi connectivity index (χ2n) is 10.2. The lowest BCUT2D eigenvalue weighted by atomic mass is 10.1. The third-order valence-corrected chi connectivity index (χ3v) is 8.68. The van der Waals surface area contributed by atoms with E-state index < -0.39 is 28.5 Å². The number of hydrogen-bond donors (Lipinski definition) is 1. The molecule has 0 saturated carbocycles. The van der Waals surface area contributed by atoms with Crippen LogP contribution in [0.2, 0.25) is 0 Å². The van der Waals surface area contributed by atoms with Gasteiger partial charge in [0.2, 0.25) is 11.8 Å². The molecule has 0 saturated heterocycles. The maximum Gasteiger partial charge on any atom is 0.264 e. The van der Waals surface area contributed by atoms with Gasteiger partial charge in [0.1, 0.15) is 12.6 Å². The maximum absolute atomic E-state index is 14.2. The Balaban J connectivity index is 2.07. The number of hydrogen-bond acceptors (Lipinski definition) is 6. The number of aryl methyl sites for hydroxylation is 2. The van der Waals surface area contributed by atoms with E-state index in [-0.39, 0.29) is 23.1 Å². The summed E-state index contributed by atoms with van der Waals surface area (Å²) in [5.74, 6) is -0.190. The average Bonchev–Trinajstić information content (AvgIpc) is 2.97. The standard InChI is InChI=1S/C32H41N3O6S/c1-7-8-16-33-32(37)25(4)34(21-26-12-10-9-11-13-26)31(36)22-35(27-18-23(2)17-24(3)19-27)42(38,39)28-14-15-29(40-5)30(20-28)41-6/h9-15,17-20,25H,7-8,16,21-22H2,1-6H3,(H,33,37)/t25-/m1/s1. The molecule has 1 atom stereocenters. The van der Waals surface area contributed by atoms with Crippen molar-refractivity contribution in [2.75, 3.05) is 31.6 Å². The van der Waals surface area contributed by atoms with Gasteiger partial charge < -0.3 is 19.7 Å². The molecule has 0 bridgehead atoms. The quantitative estimate of drug-likeness (QED) is 0.267. The van der Waals surface area contributed by atoms with E-state index in [9.17, 15) is 18.0 Å². The van der Waals surface area contributed by atoms with Crippen molar-refractivity contribution in [2.45, 2.75) is 58.0 Å². The molecule has 3 rings (SSSR count). The number of nitrogens with zero attached hydrogens (tertiary/aromatic N) is 2. The van der Waals surface area contributed by atoms with Gasteiger partial charge in [-0.25, -0.2) is 8.42 Å².